The Hall–Kier alpha value is -1.99. The van der Waals surface area contributed by atoms with Gasteiger partial charge in [-0.05, 0) is 43.0 Å². The third-order valence-electron chi connectivity index (χ3n) is 5.00. The van der Waals surface area contributed by atoms with Gasteiger partial charge in [-0.1, -0.05) is 43.7 Å². The molecule has 0 radical (unpaired) electrons. The molecule has 1 aromatic carbocycles. The first-order valence-corrected chi connectivity index (χ1v) is 10.8. The summed E-state index contributed by atoms with van der Waals surface area (Å²) < 4.78 is 7.65. The zero-order chi connectivity index (χ0) is 20.3. The number of aromatic nitrogens is 1. The second-order valence-electron chi connectivity index (χ2n) is 7.74. The van der Waals surface area contributed by atoms with Crippen LogP contribution in [0.3, 0.4) is 0 Å². The van der Waals surface area contributed by atoms with Gasteiger partial charge in [0.2, 0.25) is 0 Å². The quantitative estimate of drug-likeness (QED) is 0.537. The molecular weight excluding hydrogens is 392 g/mol. The number of ether oxygens (including phenoxy) is 1. The number of hydrogen-bond acceptors (Lipinski definition) is 5. The van der Waals surface area contributed by atoms with Gasteiger partial charge >= 0.3 is 5.97 Å². The van der Waals surface area contributed by atoms with E-state index in [-0.39, 0.29) is 19.1 Å². The summed E-state index contributed by atoms with van der Waals surface area (Å²) in [6.07, 6.45) is 1.13. The van der Waals surface area contributed by atoms with E-state index in [1.165, 1.54) is 16.9 Å². The highest BCUT2D eigenvalue weighted by Crippen LogP contribution is 2.25. The molecule has 1 aliphatic rings. The zero-order valence-electron chi connectivity index (χ0n) is 16.5. The number of aryl methyl sites for hydroxylation is 1. The van der Waals surface area contributed by atoms with Gasteiger partial charge in [-0.15, -0.1) is 11.3 Å². The lowest BCUT2D eigenvalue weighted by atomic mass is 9.92. The van der Waals surface area contributed by atoms with Crippen LogP contribution < -0.4 is 0 Å². The molecule has 150 valence electrons. The van der Waals surface area contributed by atoms with Crippen LogP contribution in [0.2, 0.25) is 0 Å². The van der Waals surface area contributed by atoms with Crippen LogP contribution >= 0.6 is 23.6 Å². The molecule has 2 aromatic rings. The number of carbonyl (C=O) groups is 2. The fraction of sp³-hybridized carbons (Fsp3) is 0.476. The lowest BCUT2D eigenvalue weighted by Crippen LogP contribution is -2.44. The van der Waals surface area contributed by atoms with Crippen LogP contribution in [0, 0.1) is 22.7 Å². The number of piperidine rings is 1. The first kappa shape index (κ1) is 20.7. The summed E-state index contributed by atoms with van der Waals surface area (Å²) in [7, 11) is 0. The summed E-state index contributed by atoms with van der Waals surface area (Å²) in [5, 5.41) is 1.95. The number of hydrogen-bond donors (Lipinski definition) is 0. The van der Waals surface area contributed by atoms with Gasteiger partial charge in [0.15, 0.2) is 10.6 Å². The summed E-state index contributed by atoms with van der Waals surface area (Å²) in [5.41, 5.74) is 3.05. The normalized spacial score (nSPS) is 19.5. The van der Waals surface area contributed by atoms with E-state index < -0.39 is 5.97 Å². The van der Waals surface area contributed by atoms with E-state index in [0.717, 1.165) is 30.8 Å². The van der Waals surface area contributed by atoms with E-state index in [1.807, 2.05) is 36.6 Å². The summed E-state index contributed by atoms with van der Waals surface area (Å²) in [4.78, 5) is 26.6. The van der Waals surface area contributed by atoms with Crippen molar-refractivity contribution in [2.75, 3.05) is 19.7 Å². The molecular formula is C21H26N2O3S2. The highest BCUT2D eigenvalue weighted by Gasteiger charge is 2.26. The van der Waals surface area contributed by atoms with Crippen LogP contribution in [0.5, 0.6) is 0 Å². The minimum atomic E-state index is -0.450. The predicted molar refractivity (Wildman–Crippen MR) is 114 cm³/mol. The molecule has 0 unspecified atom stereocenters. The van der Waals surface area contributed by atoms with Crippen LogP contribution in [0.25, 0.3) is 11.3 Å². The fourth-order valence-electron chi connectivity index (χ4n) is 3.70. The minimum Gasteiger partial charge on any atom is -0.454 e. The van der Waals surface area contributed by atoms with Crippen LogP contribution in [0.15, 0.2) is 29.6 Å². The Morgan fingerprint density at radius 1 is 1.18 bits per heavy atom. The van der Waals surface area contributed by atoms with Crippen molar-refractivity contribution in [1.29, 1.82) is 0 Å². The molecule has 7 heteroatoms. The summed E-state index contributed by atoms with van der Waals surface area (Å²) >= 11 is 6.79. The Bertz CT molecular complexity index is 891. The van der Waals surface area contributed by atoms with Crippen molar-refractivity contribution < 1.29 is 14.3 Å². The van der Waals surface area contributed by atoms with Crippen molar-refractivity contribution in [3.8, 4) is 11.3 Å². The largest absolute Gasteiger partial charge is 0.454 e. The van der Waals surface area contributed by atoms with E-state index in [1.54, 1.807) is 9.47 Å². The highest BCUT2D eigenvalue weighted by atomic mass is 32.1. The van der Waals surface area contributed by atoms with Crippen LogP contribution in [-0.4, -0.2) is 41.0 Å². The predicted octanol–water partition coefficient (Wildman–Crippen LogP) is 4.30. The molecule has 1 amide bonds. The molecule has 0 aliphatic carbocycles. The standard InChI is InChI=1S/C21H26N2O3S2/c1-14-4-6-17(7-5-14)18-13-28-21(27)23(18)11-20(25)26-12-19(24)22-9-15(2)8-16(3)10-22/h4-7,13,15-16H,8-12H2,1-3H3/t15-,16-/m0/s1. The topological polar surface area (TPSA) is 51.5 Å². The van der Waals surface area contributed by atoms with Gasteiger partial charge in [-0.3, -0.25) is 9.59 Å². The van der Waals surface area contributed by atoms with E-state index >= 15 is 0 Å². The number of thiazole rings is 1. The van der Waals surface area contributed by atoms with Crippen molar-refractivity contribution in [2.45, 2.75) is 33.7 Å². The van der Waals surface area contributed by atoms with Gasteiger partial charge in [-0.25, -0.2) is 0 Å². The Kier molecular flexibility index (Phi) is 6.67. The number of carbonyl (C=O) groups excluding carboxylic acids is 2. The van der Waals surface area contributed by atoms with Crippen LogP contribution in [0.1, 0.15) is 25.8 Å². The Balaban J connectivity index is 1.61. The van der Waals surface area contributed by atoms with Gasteiger partial charge in [0.25, 0.3) is 5.91 Å². The first-order chi connectivity index (χ1) is 13.3. The third-order valence-corrected chi connectivity index (χ3v) is 6.27. The van der Waals surface area contributed by atoms with E-state index in [4.69, 9.17) is 17.0 Å². The smallest absolute Gasteiger partial charge is 0.326 e. The Morgan fingerprint density at radius 2 is 1.82 bits per heavy atom. The fourth-order valence-corrected chi connectivity index (χ4v) is 4.78. The van der Waals surface area contributed by atoms with Gasteiger partial charge in [0.05, 0.1) is 5.69 Å². The number of nitrogens with zero attached hydrogens (tertiary/aromatic N) is 2. The van der Waals surface area contributed by atoms with Crippen LogP contribution in [0.4, 0.5) is 0 Å². The molecule has 1 fully saturated rings. The Morgan fingerprint density at radius 3 is 2.46 bits per heavy atom. The lowest BCUT2D eigenvalue weighted by Gasteiger charge is -2.34. The second-order valence-corrected chi connectivity index (χ2v) is 9.25. The van der Waals surface area contributed by atoms with Gasteiger partial charge in [0.1, 0.15) is 6.54 Å². The molecule has 1 aromatic heterocycles. The molecule has 0 N–H and O–H groups in total. The highest BCUT2D eigenvalue weighted by molar-refractivity contribution is 7.73. The van der Waals surface area contributed by atoms with Crippen LogP contribution in [-0.2, 0) is 20.9 Å². The maximum atomic E-state index is 12.4. The van der Waals surface area contributed by atoms with E-state index in [0.29, 0.717) is 15.8 Å². The average molecular weight is 419 g/mol. The summed E-state index contributed by atoms with van der Waals surface area (Å²) in [6.45, 7) is 7.57. The molecule has 28 heavy (non-hydrogen) atoms. The van der Waals surface area contributed by atoms with Crippen molar-refractivity contribution >= 4 is 35.4 Å². The number of likely N-dealkylation sites (tertiary alicyclic amines) is 1. The van der Waals surface area contributed by atoms with E-state index in [9.17, 15) is 9.59 Å². The number of rotatable bonds is 5. The molecule has 3 rings (SSSR count). The Labute approximate surface area is 174 Å². The van der Waals surface area contributed by atoms with Crippen molar-refractivity contribution in [3.05, 3.63) is 39.2 Å². The molecule has 0 bridgehead atoms. The first-order valence-electron chi connectivity index (χ1n) is 9.52. The zero-order valence-corrected chi connectivity index (χ0v) is 18.1. The monoisotopic (exact) mass is 418 g/mol. The minimum absolute atomic E-state index is 0.00558. The number of esters is 1. The average Bonchev–Trinajstić information content (AvgIpc) is 3.00. The van der Waals surface area contributed by atoms with Gasteiger partial charge in [-0.2, -0.15) is 0 Å². The van der Waals surface area contributed by atoms with Crippen molar-refractivity contribution in [3.63, 3.8) is 0 Å². The lowest BCUT2D eigenvalue weighted by molar-refractivity contribution is -0.153. The molecule has 0 spiro atoms. The molecule has 5 nitrogen and oxygen atoms in total. The SMILES string of the molecule is Cc1ccc(-c2csc(=S)n2CC(=O)OCC(=O)N2C[C@@H](C)C[C@H](C)C2)cc1. The van der Waals surface area contributed by atoms with E-state index in [2.05, 4.69) is 13.8 Å². The second kappa shape index (κ2) is 9.01. The summed E-state index contributed by atoms with van der Waals surface area (Å²) in [5.74, 6) is 0.378. The molecule has 0 saturated carbocycles. The summed E-state index contributed by atoms with van der Waals surface area (Å²) in [6, 6.07) is 8.07. The molecule has 2 heterocycles. The maximum Gasteiger partial charge on any atom is 0.326 e. The van der Waals surface area contributed by atoms with Crippen molar-refractivity contribution in [2.24, 2.45) is 11.8 Å². The molecule has 1 aliphatic heterocycles. The number of benzene rings is 1. The van der Waals surface area contributed by atoms with Gasteiger partial charge < -0.3 is 14.2 Å². The molecule has 1 saturated heterocycles. The maximum absolute atomic E-state index is 12.4. The molecule has 2 atom stereocenters. The number of amides is 1. The third kappa shape index (κ3) is 5.08. The van der Waals surface area contributed by atoms with Gasteiger partial charge in [0, 0.05) is 18.5 Å². The van der Waals surface area contributed by atoms with Crippen molar-refractivity contribution in [1.82, 2.24) is 9.47 Å².